The molecule has 1 amide bonds. The Morgan fingerprint density at radius 2 is 1.91 bits per heavy atom. The largest absolute Gasteiger partial charge is 0.507 e. The van der Waals surface area contributed by atoms with Crippen molar-refractivity contribution in [3.8, 4) is 5.75 Å². The molecular formula is C28H27BrN2O4. The molecule has 1 aromatic heterocycles. The number of halogens is 1. The van der Waals surface area contributed by atoms with Crippen LogP contribution in [0.4, 0.5) is 0 Å². The maximum atomic E-state index is 13.3. The van der Waals surface area contributed by atoms with Gasteiger partial charge in [0.05, 0.1) is 18.2 Å². The summed E-state index contributed by atoms with van der Waals surface area (Å²) in [5, 5.41) is 11.4. The topological polar surface area (TPSA) is 79.7 Å². The Hall–Kier alpha value is -3.45. The maximum Gasteiger partial charge on any atom is 0.295 e. The first-order chi connectivity index (χ1) is 16.9. The van der Waals surface area contributed by atoms with Crippen LogP contribution in [0.1, 0.15) is 48.1 Å². The predicted octanol–water partition coefficient (Wildman–Crippen LogP) is 5.95. The van der Waals surface area contributed by atoms with E-state index in [0.29, 0.717) is 17.9 Å². The molecule has 1 atom stereocenters. The number of aliphatic hydroxyl groups is 1. The third kappa shape index (κ3) is 5.30. The van der Waals surface area contributed by atoms with Crippen LogP contribution >= 0.6 is 15.9 Å². The van der Waals surface area contributed by atoms with Crippen LogP contribution in [0.2, 0.25) is 0 Å². The summed E-state index contributed by atoms with van der Waals surface area (Å²) in [4.78, 5) is 32.1. The van der Waals surface area contributed by atoms with E-state index in [1.54, 1.807) is 30.6 Å². The Balaban J connectivity index is 1.78. The average Bonchev–Trinajstić information content (AvgIpc) is 3.10. The molecule has 0 unspecified atom stereocenters. The molecule has 1 N–H and O–H groups in total. The molecule has 35 heavy (non-hydrogen) atoms. The number of amides is 1. The van der Waals surface area contributed by atoms with E-state index in [0.717, 1.165) is 34.0 Å². The molecule has 7 heteroatoms. The molecule has 6 nitrogen and oxygen atoms in total. The summed E-state index contributed by atoms with van der Waals surface area (Å²) >= 11 is 3.44. The van der Waals surface area contributed by atoms with Gasteiger partial charge < -0.3 is 14.7 Å². The molecule has 1 fully saturated rings. The standard InChI is InChI=1S/C28H27BrN2O4/c1-3-4-14-35-22-11-12-23(18(2)15-22)26(32)24-25(20-7-9-21(29)10-8-20)31(28(34)27(24)33)17-19-6-5-13-30-16-19/h5-13,15-16,25,32H,3-4,14,17H2,1-2H3/b26-24+/t25-/m0/s1. The lowest BCUT2D eigenvalue weighted by Gasteiger charge is -2.25. The van der Waals surface area contributed by atoms with Gasteiger partial charge in [-0.15, -0.1) is 0 Å². The second-order valence-corrected chi connectivity index (χ2v) is 9.43. The number of aromatic nitrogens is 1. The Labute approximate surface area is 213 Å². The number of pyridine rings is 1. The fraction of sp³-hybridized carbons (Fsp3) is 0.250. The van der Waals surface area contributed by atoms with Gasteiger partial charge in [-0.05, 0) is 66.4 Å². The molecule has 0 aliphatic carbocycles. The molecular weight excluding hydrogens is 508 g/mol. The molecule has 0 bridgehead atoms. The molecule has 0 saturated carbocycles. The number of ether oxygens (including phenoxy) is 1. The molecule has 180 valence electrons. The lowest BCUT2D eigenvalue weighted by atomic mass is 9.94. The molecule has 1 saturated heterocycles. The monoisotopic (exact) mass is 534 g/mol. The number of carbonyl (C=O) groups excluding carboxylic acids is 2. The van der Waals surface area contributed by atoms with Crippen molar-refractivity contribution in [2.45, 2.75) is 39.3 Å². The van der Waals surface area contributed by atoms with Crippen molar-refractivity contribution in [1.29, 1.82) is 0 Å². The van der Waals surface area contributed by atoms with E-state index in [4.69, 9.17) is 4.74 Å². The Morgan fingerprint density at radius 1 is 1.14 bits per heavy atom. The van der Waals surface area contributed by atoms with Crippen molar-refractivity contribution in [2.24, 2.45) is 0 Å². The predicted molar refractivity (Wildman–Crippen MR) is 138 cm³/mol. The molecule has 2 heterocycles. The smallest absolute Gasteiger partial charge is 0.295 e. The number of hydrogen-bond acceptors (Lipinski definition) is 5. The van der Waals surface area contributed by atoms with Crippen LogP contribution in [0, 0.1) is 6.92 Å². The summed E-state index contributed by atoms with van der Waals surface area (Å²) in [6, 6.07) is 15.7. The second kappa shape index (κ2) is 10.9. The summed E-state index contributed by atoms with van der Waals surface area (Å²) in [7, 11) is 0. The highest BCUT2D eigenvalue weighted by Crippen LogP contribution is 2.41. The molecule has 1 aliphatic rings. The molecule has 3 aromatic rings. The Morgan fingerprint density at radius 3 is 2.57 bits per heavy atom. The van der Waals surface area contributed by atoms with Crippen molar-refractivity contribution >= 4 is 33.4 Å². The van der Waals surface area contributed by atoms with Crippen molar-refractivity contribution < 1.29 is 19.4 Å². The van der Waals surface area contributed by atoms with E-state index >= 15 is 0 Å². The van der Waals surface area contributed by atoms with E-state index in [-0.39, 0.29) is 17.9 Å². The van der Waals surface area contributed by atoms with E-state index in [9.17, 15) is 14.7 Å². The number of aliphatic hydroxyl groups excluding tert-OH is 1. The summed E-state index contributed by atoms with van der Waals surface area (Å²) < 4.78 is 6.65. The molecule has 4 rings (SSSR count). The van der Waals surface area contributed by atoms with Gasteiger partial charge in [0, 0.05) is 29.0 Å². The van der Waals surface area contributed by atoms with Crippen LogP contribution in [-0.4, -0.2) is 33.3 Å². The number of nitrogens with zero attached hydrogens (tertiary/aromatic N) is 2. The fourth-order valence-electron chi connectivity index (χ4n) is 4.19. The van der Waals surface area contributed by atoms with Crippen LogP contribution in [0.15, 0.2) is 77.0 Å². The number of ketones is 1. The normalized spacial score (nSPS) is 17.1. The number of unbranched alkanes of at least 4 members (excludes halogenated alkanes) is 1. The number of Topliss-reactive ketones (excluding diaryl/α,β-unsaturated/α-hetero) is 1. The number of benzene rings is 2. The highest BCUT2D eigenvalue weighted by Gasteiger charge is 2.46. The third-order valence-electron chi connectivity index (χ3n) is 6.02. The number of hydrogen-bond donors (Lipinski definition) is 1. The lowest BCUT2D eigenvalue weighted by molar-refractivity contribution is -0.140. The highest BCUT2D eigenvalue weighted by molar-refractivity contribution is 9.10. The van der Waals surface area contributed by atoms with Gasteiger partial charge in [-0.1, -0.05) is 47.5 Å². The van der Waals surface area contributed by atoms with E-state index in [1.807, 2.05) is 43.3 Å². The van der Waals surface area contributed by atoms with E-state index < -0.39 is 17.7 Å². The van der Waals surface area contributed by atoms with Gasteiger partial charge >= 0.3 is 0 Å². The molecule has 0 spiro atoms. The fourth-order valence-corrected chi connectivity index (χ4v) is 4.46. The SMILES string of the molecule is CCCCOc1ccc(/C(O)=C2\C(=O)C(=O)N(Cc3cccnc3)[C@H]2c2ccc(Br)cc2)c(C)c1. The van der Waals surface area contributed by atoms with Crippen LogP contribution in [0.25, 0.3) is 5.76 Å². The maximum absolute atomic E-state index is 13.3. The van der Waals surface area contributed by atoms with Gasteiger partial charge in [-0.25, -0.2) is 0 Å². The molecule has 0 radical (unpaired) electrons. The minimum atomic E-state index is -0.733. The third-order valence-corrected chi connectivity index (χ3v) is 6.55. The lowest BCUT2D eigenvalue weighted by Crippen LogP contribution is -2.29. The van der Waals surface area contributed by atoms with Crippen LogP contribution in [-0.2, 0) is 16.1 Å². The minimum Gasteiger partial charge on any atom is -0.507 e. The zero-order valence-electron chi connectivity index (χ0n) is 19.7. The van der Waals surface area contributed by atoms with Crippen LogP contribution in [0.3, 0.4) is 0 Å². The summed E-state index contributed by atoms with van der Waals surface area (Å²) in [6.45, 7) is 4.76. The molecule has 2 aromatic carbocycles. The van der Waals surface area contributed by atoms with Crippen molar-refractivity contribution in [2.75, 3.05) is 6.61 Å². The van der Waals surface area contributed by atoms with Crippen molar-refractivity contribution in [3.05, 3.63) is 99.3 Å². The highest BCUT2D eigenvalue weighted by atomic mass is 79.9. The summed E-state index contributed by atoms with van der Waals surface area (Å²) in [5.74, 6) is -0.848. The van der Waals surface area contributed by atoms with Gasteiger partial charge in [0.2, 0.25) is 0 Å². The zero-order valence-corrected chi connectivity index (χ0v) is 21.3. The molecule has 1 aliphatic heterocycles. The first kappa shape index (κ1) is 24.7. The average molecular weight is 535 g/mol. The van der Waals surface area contributed by atoms with Gasteiger partial charge in [0.25, 0.3) is 11.7 Å². The zero-order chi connectivity index (χ0) is 24.9. The number of aryl methyl sites for hydroxylation is 1. The van der Waals surface area contributed by atoms with E-state index in [2.05, 4.69) is 27.8 Å². The van der Waals surface area contributed by atoms with Gasteiger partial charge in [-0.2, -0.15) is 0 Å². The Bertz CT molecular complexity index is 1260. The van der Waals surface area contributed by atoms with Gasteiger partial charge in [0.1, 0.15) is 11.5 Å². The van der Waals surface area contributed by atoms with Crippen molar-refractivity contribution in [1.82, 2.24) is 9.88 Å². The Kier molecular flexibility index (Phi) is 7.66. The number of carbonyl (C=O) groups is 2. The van der Waals surface area contributed by atoms with Crippen LogP contribution < -0.4 is 4.74 Å². The van der Waals surface area contributed by atoms with E-state index in [1.165, 1.54) is 4.90 Å². The number of rotatable bonds is 8. The van der Waals surface area contributed by atoms with Crippen molar-refractivity contribution in [3.63, 3.8) is 0 Å². The van der Waals surface area contributed by atoms with Gasteiger partial charge in [-0.3, -0.25) is 14.6 Å². The van der Waals surface area contributed by atoms with Gasteiger partial charge in [0.15, 0.2) is 0 Å². The van der Waals surface area contributed by atoms with Crippen LogP contribution in [0.5, 0.6) is 5.75 Å². The first-order valence-electron chi connectivity index (χ1n) is 11.6. The minimum absolute atomic E-state index is 0.0731. The first-order valence-corrected chi connectivity index (χ1v) is 12.4. The summed E-state index contributed by atoms with van der Waals surface area (Å²) in [6.07, 6.45) is 5.31. The summed E-state index contributed by atoms with van der Waals surface area (Å²) in [5.41, 5.74) is 2.85. The quantitative estimate of drug-likeness (QED) is 0.167. The number of likely N-dealkylation sites (tertiary alicyclic amines) is 1. The second-order valence-electron chi connectivity index (χ2n) is 8.52.